The highest BCUT2D eigenvalue weighted by Gasteiger charge is 2.24. The summed E-state index contributed by atoms with van der Waals surface area (Å²) >= 11 is 0. The molecule has 4 rings (SSSR count). The van der Waals surface area contributed by atoms with Crippen LogP contribution in [0.5, 0.6) is 0 Å². The van der Waals surface area contributed by atoms with E-state index in [4.69, 9.17) is 4.52 Å². The second-order valence-electron chi connectivity index (χ2n) is 7.68. The van der Waals surface area contributed by atoms with Crippen LogP contribution in [0.4, 0.5) is 0 Å². The van der Waals surface area contributed by atoms with Crippen LogP contribution in [-0.4, -0.2) is 40.6 Å². The van der Waals surface area contributed by atoms with E-state index >= 15 is 0 Å². The molecule has 28 heavy (non-hydrogen) atoms. The van der Waals surface area contributed by atoms with Gasteiger partial charge in [-0.3, -0.25) is 9.69 Å². The molecule has 6 heteroatoms. The Hall–Kier alpha value is -2.73. The highest BCUT2D eigenvalue weighted by atomic mass is 16.5. The monoisotopic (exact) mass is 378 g/mol. The fraction of sp³-hybridized carbons (Fsp3) is 0.409. The van der Waals surface area contributed by atoms with Gasteiger partial charge in [0.15, 0.2) is 0 Å². The predicted molar refractivity (Wildman–Crippen MR) is 108 cm³/mol. The summed E-state index contributed by atoms with van der Waals surface area (Å²) in [4.78, 5) is 19.5. The van der Waals surface area contributed by atoms with Gasteiger partial charge in [-0.25, -0.2) is 4.98 Å². The molecule has 0 aliphatic carbocycles. The number of pyridine rings is 1. The average Bonchev–Trinajstić information content (AvgIpc) is 3.38. The number of nitrogens with one attached hydrogen (secondary N) is 1. The smallest absolute Gasteiger partial charge is 0.257 e. The summed E-state index contributed by atoms with van der Waals surface area (Å²) in [6, 6.07) is 12.4. The van der Waals surface area contributed by atoms with Crippen molar-refractivity contribution in [1.29, 1.82) is 0 Å². The number of benzene rings is 1. The van der Waals surface area contributed by atoms with Gasteiger partial charge in [0, 0.05) is 12.7 Å². The first-order valence-corrected chi connectivity index (χ1v) is 9.96. The fourth-order valence-electron chi connectivity index (χ4n) is 3.87. The van der Waals surface area contributed by atoms with Crippen LogP contribution in [0.25, 0.3) is 11.1 Å². The normalized spacial score (nSPS) is 16.0. The number of likely N-dealkylation sites (tertiary alicyclic amines) is 1. The largest absolute Gasteiger partial charge is 0.350 e. The van der Waals surface area contributed by atoms with E-state index in [1.165, 1.54) is 18.4 Å². The van der Waals surface area contributed by atoms with Gasteiger partial charge >= 0.3 is 0 Å². The molecule has 3 aromatic rings. The van der Waals surface area contributed by atoms with Crippen LogP contribution in [0.15, 0.2) is 47.1 Å². The van der Waals surface area contributed by atoms with Crippen LogP contribution in [-0.2, 0) is 0 Å². The van der Waals surface area contributed by atoms with Crippen molar-refractivity contribution >= 4 is 17.0 Å². The second-order valence-corrected chi connectivity index (χ2v) is 7.68. The summed E-state index contributed by atoms with van der Waals surface area (Å²) < 4.78 is 5.27. The fourth-order valence-corrected chi connectivity index (χ4v) is 3.87. The molecule has 0 bridgehead atoms. The van der Waals surface area contributed by atoms with Crippen molar-refractivity contribution < 1.29 is 9.32 Å². The van der Waals surface area contributed by atoms with Crippen molar-refractivity contribution in [1.82, 2.24) is 20.4 Å². The van der Waals surface area contributed by atoms with Gasteiger partial charge < -0.3 is 9.84 Å². The van der Waals surface area contributed by atoms with Crippen molar-refractivity contribution in [2.75, 3.05) is 19.6 Å². The van der Waals surface area contributed by atoms with Crippen LogP contribution >= 0.6 is 0 Å². The predicted octanol–water partition coefficient (Wildman–Crippen LogP) is 3.91. The van der Waals surface area contributed by atoms with Gasteiger partial charge in [-0.2, -0.15) is 0 Å². The Morgan fingerprint density at radius 3 is 2.68 bits per heavy atom. The minimum atomic E-state index is -0.120. The Labute approximate surface area is 164 Å². The summed E-state index contributed by atoms with van der Waals surface area (Å²) in [6.45, 7) is 6.80. The van der Waals surface area contributed by atoms with Gasteiger partial charge in [-0.15, -0.1) is 0 Å². The number of fused-ring (bicyclic) bond motifs is 1. The molecule has 1 unspecified atom stereocenters. The second kappa shape index (κ2) is 8.10. The van der Waals surface area contributed by atoms with Crippen LogP contribution in [0.1, 0.15) is 60.3 Å². The van der Waals surface area contributed by atoms with E-state index in [2.05, 4.69) is 44.6 Å². The maximum Gasteiger partial charge on any atom is 0.257 e. The van der Waals surface area contributed by atoms with E-state index in [-0.39, 0.29) is 17.9 Å². The first-order chi connectivity index (χ1) is 13.6. The minimum absolute atomic E-state index is 0.120. The first kappa shape index (κ1) is 18.6. The maximum absolute atomic E-state index is 12.8. The molecule has 2 aromatic heterocycles. The quantitative estimate of drug-likeness (QED) is 0.704. The number of amides is 1. The molecule has 0 spiro atoms. The van der Waals surface area contributed by atoms with Crippen LogP contribution in [0, 0.1) is 0 Å². The zero-order chi connectivity index (χ0) is 19.5. The van der Waals surface area contributed by atoms with E-state index < -0.39 is 0 Å². The molecule has 146 valence electrons. The average molecular weight is 378 g/mol. The molecule has 6 nitrogen and oxygen atoms in total. The van der Waals surface area contributed by atoms with E-state index in [0.29, 0.717) is 17.8 Å². The van der Waals surface area contributed by atoms with E-state index in [9.17, 15) is 4.79 Å². The number of hydrogen-bond donors (Lipinski definition) is 1. The molecule has 1 aromatic carbocycles. The molecule has 0 radical (unpaired) electrons. The molecule has 3 heterocycles. The molecule has 1 atom stereocenters. The van der Waals surface area contributed by atoms with Gasteiger partial charge in [0.05, 0.1) is 22.7 Å². The summed E-state index contributed by atoms with van der Waals surface area (Å²) in [5.74, 6) is 0.0874. The van der Waals surface area contributed by atoms with Crippen molar-refractivity contribution in [3.63, 3.8) is 0 Å². The Bertz CT molecular complexity index is 946. The topological polar surface area (TPSA) is 71.3 Å². The van der Waals surface area contributed by atoms with Crippen molar-refractivity contribution in [3.05, 3.63) is 59.4 Å². The van der Waals surface area contributed by atoms with Crippen molar-refractivity contribution in [3.8, 4) is 0 Å². The molecule has 1 fully saturated rings. The third kappa shape index (κ3) is 3.78. The zero-order valence-corrected chi connectivity index (χ0v) is 16.4. The summed E-state index contributed by atoms with van der Waals surface area (Å²) in [5, 5.41) is 8.00. The molecule has 1 aliphatic heterocycles. The van der Waals surface area contributed by atoms with E-state index in [1.54, 1.807) is 6.20 Å². The standard InChI is InChI=1S/C22H26N4O2/c1-15(2)20-18-12-17(13-24-22(18)28-25-20)21(27)23-14-19(26-10-6-7-11-26)16-8-4-3-5-9-16/h3-5,8-9,12-13,15,19H,6-7,10-11,14H2,1-2H3,(H,23,27). The number of rotatable bonds is 6. The minimum Gasteiger partial charge on any atom is -0.350 e. The van der Waals surface area contributed by atoms with Gasteiger partial charge in [0.25, 0.3) is 11.6 Å². The molecular formula is C22H26N4O2. The first-order valence-electron chi connectivity index (χ1n) is 9.96. The van der Waals surface area contributed by atoms with Crippen molar-refractivity contribution in [2.24, 2.45) is 0 Å². The molecule has 0 saturated carbocycles. The van der Waals surface area contributed by atoms with E-state index in [1.807, 2.05) is 26.0 Å². The number of hydrogen-bond acceptors (Lipinski definition) is 5. The molecule has 1 N–H and O–H groups in total. The molecule has 1 saturated heterocycles. The number of aromatic nitrogens is 2. The van der Waals surface area contributed by atoms with Crippen molar-refractivity contribution in [2.45, 2.75) is 38.6 Å². The zero-order valence-electron chi connectivity index (χ0n) is 16.4. The van der Waals surface area contributed by atoms with Crippen LogP contribution < -0.4 is 5.32 Å². The van der Waals surface area contributed by atoms with Crippen LogP contribution in [0.3, 0.4) is 0 Å². The number of nitrogens with zero attached hydrogens (tertiary/aromatic N) is 3. The lowest BCUT2D eigenvalue weighted by molar-refractivity contribution is 0.0937. The van der Waals surface area contributed by atoms with Gasteiger partial charge in [0.1, 0.15) is 0 Å². The Kier molecular flexibility index (Phi) is 5.39. The third-order valence-corrected chi connectivity index (χ3v) is 5.39. The Morgan fingerprint density at radius 1 is 1.21 bits per heavy atom. The van der Waals surface area contributed by atoms with Crippen LogP contribution in [0.2, 0.25) is 0 Å². The Morgan fingerprint density at radius 2 is 1.96 bits per heavy atom. The molecule has 1 amide bonds. The lowest BCUT2D eigenvalue weighted by Crippen LogP contribution is -2.36. The van der Waals surface area contributed by atoms with Gasteiger partial charge in [-0.1, -0.05) is 49.3 Å². The third-order valence-electron chi connectivity index (χ3n) is 5.39. The lowest BCUT2D eigenvalue weighted by Gasteiger charge is -2.28. The van der Waals surface area contributed by atoms with Gasteiger partial charge in [-0.05, 0) is 43.5 Å². The molecule has 1 aliphatic rings. The molecular weight excluding hydrogens is 352 g/mol. The van der Waals surface area contributed by atoms with E-state index in [0.717, 1.165) is 24.2 Å². The van der Waals surface area contributed by atoms with Gasteiger partial charge in [0.2, 0.25) is 0 Å². The number of carbonyl (C=O) groups excluding carboxylic acids is 1. The highest BCUT2D eigenvalue weighted by Crippen LogP contribution is 2.26. The SMILES string of the molecule is CC(C)c1noc2ncc(C(=O)NCC(c3ccccc3)N3CCCC3)cc12. The highest BCUT2D eigenvalue weighted by molar-refractivity contribution is 5.97. The lowest BCUT2D eigenvalue weighted by atomic mass is 10.0. The Balaban J connectivity index is 1.52. The summed E-state index contributed by atoms with van der Waals surface area (Å²) in [5.41, 5.74) is 3.07. The summed E-state index contributed by atoms with van der Waals surface area (Å²) in [7, 11) is 0. The summed E-state index contributed by atoms with van der Waals surface area (Å²) in [6.07, 6.45) is 3.98. The number of carbonyl (C=O) groups is 1. The maximum atomic E-state index is 12.8.